The van der Waals surface area contributed by atoms with Crippen molar-refractivity contribution < 1.29 is 4.74 Å². The summed E-state index contributed by atoms with van der Waals surface area (Å²) in [6, 6.07) is 5.29. The van der Waals surface area contributed by atoms with Crippen LogP contribution in [0.15, 0.2) is 12.1 Å². The van der Waals surface area contributed by atoms with E-state index in [1.165, 1.54) is 0 Å². The first-order valence-electron chi connectivity index (χ1n) is 4.34. The van der Waals surface area contributed by atoms with E-state index >= 15 is 0 Å². The Hall–Kier alpha value is -1.24. The number of ether oxygens (including phenoxy) is 1. The molecule has 3 nitrogen and oxygen atoms in total. The summed E-state index contributed by atoms with van der Waals surface area (Å²) in [5, 5.41) is 9.42. The molecule has 0 saturated heterocycles. The molecule has 1 aromatic rings. The van der Waals surface area contributed by atoms with Gasteiger partial charge in [-0.15, -0.1) is 0 Å². The monoisotopic (exact) mass is 208 g/mol. The van der Waals surface area contributed by atoms with E-state index in [-0.39, 0.29) is 6.04 Å². The maximum atomic E-state index is 8.92. The summed E-state index contributed by atoms with van der Waals surface area (Å²) in [6.07, 6.45) is 0.739. The molecule has 0 spiro atoms. The van der Waals surface area contributed by atoms with Crippen LogP contribution in [0.4, 0.5) is 0 Å². The molecule has 0 amide bonds. The fourth-order valence-electron chi connectivity index (χ4n) is 1.63. The average Bonchev–Trinajstić information content (AvgIpc) is 2.16. The minimum atomic E-state index is -0.120. The van der Waals surface area contributed by atoms with E-state index in [4.69, 9.17) is 27.3 Å². The Kier molecular flexibility index (Phi) is 2.32. The van der Waals surface area contributed by atoms with Crippen LogP contribution in [0.5, 0.6) is 5.75 Å². The number of nitriles is 1. The zero-order valence-corrected chi connectivity index (χ0v) is 8.21. The van der Waals surface area contributed by atoms with Crippen LogP contribution in [-0.2, 0) is 0 Å². The Morgan fingerprint density at radius 3 is 3.07 bits per heavy atom. The predicted octanol–water partition coefficient (Wildman–Crippen LogP) is 1.99. The fraction of sp³-hybridized carbons (Fsp3) is 0.300. The lowest BCUT2D eigenvalue weighted by Gasteiger charge is -2.23. The molecule has 14 heavy (non-hydrogen) atoms. The first kappa shape index (κ1) is 9.32. The zero-order chi connectivity index (χ0) is 10.1. The molecule has 2 N–H and O–H groups in total. The number of rotatable bonds is 0. The molecule has 2 rings (SSSR count). The van der Waals surface area contributed by atoms with Gasteiger partial charge < -0.3 is 10.5 Å². The first-order valence-corrected chi connectivity index (χ1v) is 4.72. The molecule has 0 saturated carbocycles. The molecule has 0 unspecified atom stereocenters. The average molecular weight is 209 g/mol. The van der Waals surface area contributed by atoms with Gasteiger partial charge in [-0.25, -0.2) is 0 Å². The third-order valence-corrected chi connectivity index (χ3v) is 2.50. The summed E-state index contributed by atoms with van der Waals surface area (Å²) in [5.74, 6) is 0.646. The molecular weight excluding hydrogens is 200 g/mol. The summed E-state index contributed by atoms with van der Waals surface area (Å²) < 4.78 is 5.40. The summed E-state index contributed by atoms with van der Waals surface area (Å²) in [7, 11) is 0. The van der Waals surface area contributed by atoms with Crippen molar-refractivity contribution in [1.29, 1.82) is 5.26 Å². The van der Waals surface area contributed by atoms with E-state index in [2.05, 4.69) is 6.07 Å². The molecule has 0 aliphatic carbocycles. The van der Waals surface area contributed by atoms with Gasteiger partial charge in [0.05, 0.1) is 18.2 Å². The second-order valence-electron chi connectivity index (χ2n) is 3.22. The van der Waals surface area contributed by atoms with E-state index in [0.29, 0.717) is 22.9 Å². The van der Waals surface area contributed by atoms with Gasteiger partial charge in [0.15, 0.2) is 0 Å². The lowest BCUT2D eigenvalue weighted by atomic mass is 9.96. The Morgan fingerprint density at radius 1 is 1.57 bits per heavy atom. The van der Waals surface area contributed by atoms with Crippen LogP contribution < -0.4 is 10.5 Å². The van der Waals surface area contributed by atoms with Crippen LogP contribution in [0.1, 0.15) is 23.6 Å². The van der Waals surface area contributed by atoms with Crippen molar-refractivity contribution in [2.45, 2.75) is 12.5 Å². The van der Waals surface area contributed by atoms with Gasteiger partial charge in [-0.3, -0.25) is 0 Å². The highest BCUT2D eigenvalue weighted by Crippen LogP contribution is 2.35. The normalized spacial score (nSPS) is 19.4. The highest BCUT2D eigenvalue weighted by molar-refractivity contribution is 6.30. The minimum Gasteiger partial charge on any atom is -0.493 e. The highest BCUT2D eigenvalue weighted by Gasteiger charge is 2.22. The molecular formula is C10H9ClN2O. The number of nitrogens with zero attached hydrogens (tertiary/aromatic N) is 1. The Morgan fingerprint density at radius 2 is 2.36 bits per heavy atom. The van der Waals surface area contributed by atoms with Gasteiger partial charge in [0.1, 0.15) is 5.75 Å². The van der Waals surface area contributed by atoms with Crippen molar-refractivity contribution in [3.05, 3.63) is 28.3 Å². The standard InChI is InChI=1S/C10H9ClN2O/c11-7-3-6(5-12)10-8(13)1-2-14-9(10)4-7/h3-4,8H,1-2,13H2/t8-/m0/s1. The van der Waals surface area contributed by atoms with Crippen LogP contribution in [0.3, 0.4) is 0 Å². The molecule has 1 heterocycles. The molecule has 0 aromatic heterocycles. The Balaban J connectivity index is 2.63. The van der Waals surface area contributed by atoms with Gasteiger partial charge in [-0.1, -0.05) is 11.6 Å². The fourth-order valence-corrected chi connectivity index (χ4v) is 1.84. The summed E-state index contributed by atoms with van der Waals surface area (Å²) >= 11 is 5.84. The van der Waals surface area contributed by atoms with Crippen molar-refractivity contribution >= 4 is 11.6 Å². The number of hydrogen-bond donors (Lipinski definition) is 1. The summed E-state index contributed by atoms with van der Waals surface area (Å²) in [6.45, 7) is 0.583. The zero-order valence-electron chi connectivity index (χ0n) is 7.46. The molecule has 0 fully saturated rings. The quantitative estimate of drug-likeness (QED) is 0.710. The topological polar surface area (TPSA) is 59.0 Å². The van der Waals surface area contributed by atoms with Crippen LogP contribution in [0.25, 0.3) is 0 Å². The maximum Gasteiger partial charge on any atom is 0.126 e. The third-order valence-electron chi connectivity index (χ3n) is 2.28. The van der Waals surface area contributed by atoms with Gasteiger partial charge in [0.25, 0.3) is 0 Å². The lowest BCUT2D eigenvalue weighted by molar-refractivity contribution is 0.269. The van der Waals surface area contributed by atoms with E-state index in [1.54, 1.807) is 12.1 Å². The Bertz CT molecular complexity index is 411. The van der Waals surface area contributed by atoms with E-state index in [9.17, 15) is 0 Å². The number of fused-ring (bicyclic) bond motifs is 1. The third kappa shape index (κ3) is 1.43. The minimum absolute atomic E-state index is 0.120. The maximum absolute atomic E-state index is 8.92. The van der Waals surface area contributed by atoms with Gasteiger partial charge >= 0.3 is 0 Å². The molecule has 72 valence electrons. The highest BCUT2D eigenvalue weighted by atomic mass is 35.5. The SMILES string of the molecule is N#Cc1cc(Cl)cc2c1[C@@H](N)CCO2. The van der Waals surface area contributed by atoms with Crippen LogP contribution >= 0.6 is 11.6 Å². The molecule has 1 aliphatic rings. The summed E-state index contributed by atoms with van der Waals surface area (Å²) in [4.78, 5) is 0. The van der Waals surface area contributed by atoms with Crippen LogP contribution in [-0.4, -0.2) is 6.61 Å². The van der Waals surface area contributed by atoms with Gasteiger partial charge in [0.2, 0.25) is 0 Å². The van der Waals surface area contributed by atoms with Crippen molar-refractivity contribution in [3.8, 4) is 11.8 Å². The van der Waals surface area contributed by atoms with Crippen molar-refractivity contribution in [1.82, 2.24) is 0 Å². The second-order valence-corrected chi connectivity index (χ2v) is 3.66. The number of nitrogens with two attached hydrogens (primary N) is 1. The molecule has 4 heteroatoms. The lowest BCUT2D eigenvalue weighted by Crippen LogP contribution is -2.21. The molecule has 0 radical (unpaired) electrons. The summed E-state index contributed by atoms with van der Waals surface area (Å²) in [5.41, 5.74) is 7.19. The van der Waals surface area contributed by atoms with Gasteiger partial charge in [0, 0.05) is 23.0 Å². The van der Waals surface area contributed by atoms with Gasteiger partial charge in [-0.05, 0) is 12.1 Å². The Labute approximate surface area is 87.0 Å². The number of halogens is 1. The smallest absolute Gasteiger partial charge is 0.126 e. The van der Waals surface area contributed by atoms with Crippen LogP contribution in [0, 0.1) is 11.3 Å². The first-order chi connectivity index (χ1) is 6.72. The second kappa shape index (κ2) is 3.49. The van der Waals surface area contributed by atoms with E-state index in [1.807, 2.05) is 0 Å². The largest absolute Gasteiger partial charge is 0.493 e. The molecule has 0 bridgehead atoms. The van der Waals surface area contributed by atoms with Crippen molar-refractivity contribution in [3.63, 3.8) is 0 Å². The van der Waals surface area contributed by atoms with E-state index < -0.39 is 0 Å². The number of benzene rings is 1. The van der Waals surface area contributed by atoms with Crippen molar-refractivity contribution in [2.24, 2.45) is 5.73 Å². The van der Waals surface area contributed by atoms with Gasteiger partial charge in [-0.2, -0.15) is 5.26 Å². The number of hydrogen-bond acceptors (Lipinski definition) is 3. The predicted molar refractivity (Wildman–Crippen MR) is 53.2 cm³/mol. The molecule has 1 aromatic carbocycles. The van der Waals surface area contributed by atoms with E-state index in [0.717, 1.165) is 12.0 Å². The molecule has 1 aliphatic heterocycles. The van der Waals surface area contributed by atoms with Crippen molar-refractivity contribution in [2.75, 3.05) is 6.61 Å². The van der Waals surface area contributed by atoms with Crippen LogP contribution in [0.2, 0.25) is 5.02 Å². The molecule has 1 atom stereocenters.